The summed E-state index contributed by atoms with van der Waals surface area (Å²) < 4.78 is 12.5. The maximum atomic E-state index is 12.5. The topological polar surface area (TPSA) is 73.6 Å². The molecule has 1 heterocycles. The van der Waals surface area contributed by atoms with E-state index in [1.54, 1.807) is 19.1 Å². The average molecular weight is 699 g/mol. The summed E-state index contributed by atoms with van der Waals surface area (Å²) in [5, 5.41) is 2.81. The first-order valence-corrected chi connectivity index (χ1v) is 15.2. The molecule has 1 saturated heterocycles. The van der Waals surface area contributed by atoms with Crippen LogP contribution in [0.25, 0.3) is 0 Å². The Hall–Kier alpha value is -6.97. The fourth-order valence-corrected chi connectivity index (χ4v) is 4.19. The van der Waals surface area contributed by atoms with E-state index in [2.05, 4.69) is 174 Å². The number of allylic oxidation sites excluding steroid dienone is 1. The highest BCUT2D eigenvalue weighted by molar-refractivity contribution is 5.94. The van der Waals surface area contributed by atoms with Crippen LogP contribution in [0.15, 0.2) is 50.6 Å². The van der Waals surface area contributed by atoms with E-state index in [-0.39, 0.29) is 70.7 Å². The summed E-state index contributed by atoms with van der Waals surface area (Å²) in [6.45, 7) is 19.5. The second-order valence-electron chi connectivity index (χ2n) is 9.62. The average Bonchev–Trinajstić information content (AvgIpc) is 3.12. The summed E-state index contributed by atoms with van der Waals surface area (Å²) in [6, 6.07) is -0.904. The smallest absolute Gasteiger partial charge is 0.297 e. The molecule has 0 aromatic heterocycles. The lowest BCUT2D eigenvalue weighted by molar-refractivity contribution is -0.235. The lowest BCUT2D eigenvalue weighted by atomic mass is 9.75. The second-order valence-corrected chi connectivity index (χ2v) is 9.62. The van der Waals surface area contributed by atoms with Crippen molar-refractivity contribution in [1.82, 2.24) is 5.32 Å². The fourth-order valence-electron chi connectivity index (χ4n) is 4.19. The minimum atomic E-state index is -0.617. The fraction of sp³-hybridized carbons (Fsp3) is 0.267. The van der Waals surface area contributed by atoms with Gasteiger partial charge in [-0.05, 0) is 120 Å². The van der Waals surface area contributed by atoms with Crippen molar-refractivity contribution in [1.29, 1.82) is 0 Å². The van der Waals surface area contributed by atoms with E-state index in [0.29, 0.717) is 12.8 Å². The zero-order chi connectivity index (χ0) is 36.7. The van der Waals surface area contributed by atoms with E-state index in [4.69, 9.17) is 15.2 Å². The van der Waals surface area contributed by atoms with Gasteiger partial charge in [-0.1, -0.05) is 37.1 Å². The highest BCUT2D eigenvalue weighted by Gasteiger charge is 2.42. The molecule has 0 aliphatic carbocycles. The molecule has 290 valence electrons. The molecule has 1 amide bonds. The highest BCUT2D eigenvalue weighted by atomic mass is 16.7. The molecule has 7 atom stereocenters. The molecule has 0 bridgehead atoms. The summed E-state index contributed by atoms with van der Waals surface area (Å²) in [5.41, 5.74) is 6.29. The molecule has 0 spiro atoms. The number of rotatable bonds is 11. The lowest BCUT2D eigenvalue weighted by Crippen LogP contribution is -2.52. The number of hydrogen-bond acceptors (Lipinski definition) is 4. The lowest BCUT2D eigenvalue weighted by Gasteiger charge is -2.44. The Morgan fingerprint density at radius 3 is 1.52 bits per heavy atom. The molecule has 1 aliphatic rings. The van der Waals surface area contributed by atoms with Gasteiger partial charge in [0, 0.05) is 93.6 Å². The van der Waals surface area contributed by atoms with Crippen LogP contribution < -0.4 is 11.1 Å². The number of carbonyl (C=O) groups is 1. The SMILES string of the molecule is C=CCC1O[C@H](OC[C@H](NC(=O)C#CC#CC#CC#CC#CC#CC#CC#CC#CC#CC#CC#CC)[C@H](N)CC)C(C=C)[C@@H](C=C)[C@H]1C=C.[HH].[HH].[HH].[HH].[HH].[HH].[HH].[HH].[HH].[HH].[HH].[HH].[HH].[HH].[HH].[HH].[HH].[HH].[HH].[HH].[HH].[HH].[HH].[HH]. The van der Waals surface area contributed by atoms with E-state index in [1.807, 2.05) is 19.1 Å². The number of ether oxygens (including phenoxy) is 2. The molecule has 0 saturated carbocycles. The number of nitrogens with two attached hydrogens (primary N) is 1. The van der Waals surface area contributed by atoms with Crippen LogP contribution in [0.1, 0.15) is 60.9 Å². The molecule has 0 aromatic carbocycles. The molecule has 5 heteroatoms. The molecule has 50 heavy (non-hydrogen) atoms. The summed E-state index contributed by atoms with van der Waals surface area (Å²) >= 11 is 0. The van der Waals surface area contributed by atoms with Crippen molar-refractivity contribution in [2.24, 2.45) is 23.5 Å². The second kappa shape index (κ2) is 27.2. The van der Waals surface area contributed by atoms with Crippen LogP contribution in [-0.2, 0) is 14.3 Å². The van der Waals surface area contributed by atoms with E-state index in [9.17, 15) is 4.79 Å². The van der Waals surface area contributed by atoms with Gasteiger partial charge >= 0.3 is 0 Å². The van der Waals surface area contributed by atoms with Gasteiger partial charge in [-0.25, -0.2) is 0 Å². The Kier molecular flexibility index (Phi) is 22.3. The van der Waals surface area contributed by atoms with Gasteiger partial charge in [-0.2, -0.15) is 0 Å². The summed E-state index contributed by atoms with van der Waals surface area (Å²) in [4.78, 5) is 12.5. The first-order chi connectivity index (χ1) is 24.5. The van der Waals surface area contributed by atoms with Gasteiger partial charge in [0.25, 0.3) is 5.91 Å². The van der Waals surface area contributed by atoms with Crippen molar-refractivity contribution in [2.75, 3.05) is 6.61 Å². The van der Waals surface area contributed by atoms with Crippen LogP contribution in [0.5, 0.6) is 0 Å². The number of carbonyl (C=O) groups excluding carboxylic acids is 1. The van der Waals surface area contributed by atoms with Crippen LogP contribution in [0, 0.1) is 160 Å². The summed E-state index contributed by atoms with van der Waals surface area (Å²) in [7, 11) is 0. The van der Waals surface area contributed by atoms with Crippen LogP contribution >= 0.6 is 0 Å². The minimum Gasteiger partial charge on any atom is -0.350 e. The summed E-state index contributed by atoms with van der Waals surface area (Å²) in [6.07, 6.45) is 7.76. The molecule has 5 nitrogen and oxygen atoms in total. The first kappa shape index (κ1) is 41.1. The third kappa shape index (κ3) is 17.1. The monoisotopic (exact) mass is 699 g/mol. The van der Waals surface area contributed by atoms with Gasteiger partial charge in [-0.3, -0.25) is 4.79 Å². The Bertz CT molecular complexity index is 2130. The third-order valence-corrected chi connectivity index (χ3v) is 6.52. The van der Waals surface area contributed by atoms with E-state index < -0.39 is 18.2 Å². The van der Waals surface area contributed by atoms with Gasteiger partial charge in [0.05, 0.1) is 18.8 Å². The third-order valence-electron chi connectivity index (χ3n) is 6.52. The summed E-state index contributed by atoms with van der Waals surface area (Å²) in [5.74, 6) is 59.6. The van der Waals surface area contributed by atoms with Crippen molar-refractivity contribution in [3.8, 4) is 142 Å². The number of nitrogens with one attached hydrogen (secondary N) is 1. The Morgan fingerprint density at radius 2 is 1.14 bits per heavy atom. The minimum absolute atomic E-state index is 0. The van der Waals surface area contributed by atoms with Crippen molar-refractivity contribution in [2.45, 2.75) is 51.2 Å². The molecular weight excluding hydrogens is 617 g/mol. The van der Waals surface area contributed by atoms with Crippen LogP contribution in [0.2, 0.25) is 0 Å². The van der Waals surface area contributed by atoms with Gasteiger partial charge < -0.3 is 20.5 Å². The zero-order valence-electron chi connectivity index (χ0n) is 28.1. The maximum Gasteiger partial charge on any atom is 0.297 e. The molecule has 3 N–H and O–H groups in total. The van der Waals surface area contributed by atoms with Crippen molar-refractivity contribution < 1.29 is 48.5 Å². The Morgan fingerprint density at radius 1 is 0.720 bits per heavy atom. The Balaban J connectivity index is -0.0000000473. The van der Waals surface area contributed by atoms with Crippen molar-refractivity contribution in [3.63, 3.8) is 0 Å². The molecule has 0 radical (unpaired) electrons. The van der Waals surface area contributed by atoms with Gasteiger partial charge in [-0.15, -0.1) is 26.3 Å². The highest BCUT2D eigenvalue weighted by Crippen LogP contribution is 2.39. The molecule has 1 aliphatic heterocycles. The van der Waals surface area contributed by atoms with Crippen LogP contribution in [-0.4, -0.2) is 37.0 Å². The van der Waals surface area contributed by atoms with Crippen LogP contribution in [0.4, 0.5) is 0 Å². The zero-order valence-corrected chi connectivity index (χ0v) is 28.1. The number of amides is 1. The van der Waals surface area contributed by atoms with Crippen LogP contribution in [0.3, 0.4) is 0 Å². The van der Waals surface area contributed by atoms with E-state index >= 15 is 0 Å². The van der Waals surface area contributed by atoms with Crippen molar-refractivity contribution >= 4 is 5.91 Å². The first-order valence-electron chi connectivity index (χ1n) is 15.2. The number of hydrogen-bond donors (Lipinski definition) is 2. The quantitative estimate of drug-likeness (QED) is 0.167. The van der Waals surface area contributed by atoms with E-state index in [0.717, 1.165) is 0 Å². The van der Waals surface area contributed by atoms with E-state index in [1.165, 1.54) is 0 Å². The molecule has 2 unspecified atom stereocenters. The molecular formula is C45H82N2O3. The van der Waals surface area contributed by atoms with Gasteiger partial charge in [0.2, 0.25) is 0 Å². The standard InChI is InChI=1S/C45H34N2O3.24H2/c1-7-13-14-15-16-17-18-19-20-21-22-23-24-25-26-27-28-29-30-31-32-33-34-36-44(48)47-42(41(46)12-6)37-49-45-40(11-5)38(9-3)39(10-4)43(50-45)35-8-2;;;;;;;;;;;;;;;;;;;;;;;;/h8-11,38-43,45H,2-5,12,35,37,46H2,1,6H3,(H,47,48);24*1H/t38-,39+,40?,41+,42-,43?,45-;;;;;;;;;;;;;;;;;;;;;;;;/m0......................../s1. The molecule has 1 fully saturated rings. The van der Waals surface area contributed by atoms with Crippen molar-refractivity contribution in [3.05, 3.63) is 50.6 Å². The predicted molar refractivity (Wildman–Crippen MR) is 250 cm³/mol. The van der Waals surface area contributed by atoms with Gasteiger partial charge in [0.1, 0.15) is 0 Å². The largest absolute Gasteiger partial charge is 0.350 e. The van der Waals surface area contributed by atoms with Gasteiger partial charge in [0.15, 0.2) is 6.29 Å². The molecule has 0 aromatic rings. The predicted octanol–water partition coefficient (Wildman–Crippen LogP) is 8.90. The molecule has 1 rings (SSSR count). The Labute approximate surface area is 334 Å². The maximum absolute atomic E-state index is 12.5. The normalized spacial score (nSPS) is 17.9.